The minimum absolute atomic E-state index is 0.125. The highest BCUT2D eigenvalue weighted by Crippen LogP contribution is 2.07. The summed E-state index contributed by atoms with van der Waals surface area (Å²) in [5, 5.41) is 11.8. The Morgan fingerprint density at radius 3 is 3.11 bits per heavy atom. The fourth-order valence-electron chi connectivity index (χ4n) is 0.486. The zero-order chi connectivity index (χ0) is 6.69. The van der Waals surface area contributed by atoms with Crippen molar-refractivity contribution in [3.8, 4) is 5.88 Å². The van der Waals surface area contributed by atoms with E-state index in [4.69, 9.17) is 10.9 Å². The van der Waals surface area contributed by atoms with Gasteiger partial charge >= 0.3 is 0 Å². The summed E-state index contributed by atoms with van der Waals surface area (Å²) >= 11 is 0. The molecule has 0 aliphatic heterocycles. The molecule has 0 aliphatic rings. The monoisotopic (exact) mass is 129 g/mol. The van der Waals surface area contributed by atoms with Gasteiger partial charge in [0.25, 0.3) is 5.88 Å². The van der Waals surface area contributed by atoms with Gasteiger partial charge in [-0.1, -0.05) is 0 Å². The van der Waals surface area contributed by atoms with Crippen LogP contribution >= 0.6 is 0 Å². The van der Waals surface area contributed by atoms with Crippen molar-refractivity contribution in [2.45, 2.75) is 6.54 Å². The minimum Gasteiger partial charge on any atom is -0.491 e. The standard InChI is InChI=1S/C4H7N3O2/c5-6-2-3-1-4(8)7-9-3/h1,6H,2,5H2,(H,7,8). The Balaban J connectivity index is 2.61. The molecule has 1 heterocycles. The molecule has 0 amide bonds. The van der Waals surface area contributed by atoms with Gasteiger partial charge in [0, 0.05) is 6.07 Å². The molecule has 0 aliphatic carbocycles. The molecule has 0 saturated heterocycles. The van der Waals surface area contributed by atoms with Crippen LogP contribution in [0.2, 0.25) is 0 Å². The van der Waals surface area contributed by atoms with Gasteiger partial charge in [0.1, 0.15) is 0 Å². The summed E-state index contributed by atoms with van der Waals surface area (Å²) < 4.78 is 4.56. The molecular formula is C4H7N3O2. The molecule has 5 heteroatoms. The van der Waals surface area contributed by atoms with Crippen LogP contribution in [-0.2, 0) is 6.54 Å². The predicted molar refractivity (Wildman–Crippen MR) is 29.2 cm³/mol. The summed E-state index contributed by atoms with van der Waals surface area (Å²) in [5.41, 5.74) is 2.35. The summed E-state index contributed by atoms with van der Waals surface area (Å²) in [5.74, 6) is 5.33. The van der Waals surface area contributed by atoms with Gasteiger partial charge < -0.3 is 9.63 Å². The Kier molecular flexibility index (Phi) is 1.66. The van der Waals surface area contributed by atoms with Crippen LogP contribution in [0.25, 0.3) is 0 Å². The molecule has 0 spiro atoms. The van der Waals surface area contributed by atoms with Crippen LogP contribution in [0.15, 0.2) is 10.6 Å². The van der Waals surface area contributed by atoms with Crippen molar-refractivity contribution in [2.24, 2.45) is 5.84 Å². The second-order valence-electron chi connectivity index (χ2n) is 1.53. The maximum Gasteiger partial charge on any atom is 0.251 e. The van der Waals surface area contributed by atoms with Gasteiger partial charge in [0.05, 0.1) is 6.54 Å². The molecule has 0 bridgehead atoms. The number of hydrogen-bond donors (Lipinski definition) is 3. The van der Waals surface area contributed by atoms with Crippen molar-refractivity contribution in [3.63, 3.8) is 0 Å². The lowest BCUT2D eigenvalue weighted by molar-refractivity contribution is 0.336. The largest absolute Gasteiger partial charge is 0.491 e. The van der Waals surface area contributed by atoms with Crippen molar-refractivity contribution in [3.05, 3.63) is 11.8 Å². The van der Waals surface area contributed by atoms with Crippen LogP contribution in [0.3, 0.4) is 0 Å². The molecule has 1 aromatic rings. The van der Waals surface area contributed by atoms with E-state index >= 15 is 0 Å². The Hall–Kier alpha value is -1.07. The van der Waals surface area contributed by atoms with Gasteiger partial charge in [-0.05, 0) is 5.16 Å². The van der Waals surface area contributed by atoms with Crippen LogP contribution < -0.4 is 11.3 Å². The fourth-order valence-corrected chi connectivity index (χ4v) is 0.486. The van der Waals surface area contributed by atoms with Gasteiger partial charge in [-0.25, -0.2) is 0 Å². The topological polar surface area (TPSA) is 84.3 Å². The lowest BCUT2D eigenvalue weighted by Gasteiger charge is -1.87. The summed E-state index contributed by atoms with van der Waals surface area (Å²) in [6.07, 6.45) is 0. The number of aromatic nitrogens is 1. The average molecular weight is 129 g/mol. The number of rotatable bonds is 2. The third kappa shape index (κ3) is 1.41. The molecule has 9 heavy (non-hydrogen) atoms. The summed E-state index contributed by atoms with van der Waals surface area (Å²) in [6.45, 7) is 0.369. The molecule has 0 fully saturated rings. The molecular weight excluding hydrogens is 122 g/mol. The van der Waals surface area contributed by atoms with E-state index in [9.17, 15) is 0 Å². The average Bonchev–Trinajstić information content (AvgIpc) is 2.17. The summed E-state index contributed by atoms with van der Waals surface area (Å²) in [4.78, 5) is 0. The lowest BCUT2D eigenvalue weighted by atomic mass is 10.5. The van der Waals surface area contributed by atoms with Crippen molar-refractivity contribution in [1.82, 2.24) is 10.6 Å². The molecule has 4 N–H and O–H groups in total. The minimum atomic E-state index is -0.125. The lowest BCUT2D eigenvalue weighted by Crippen LogP contribution is -2.20. The van der Waals surface area contributed by atoms with Crippen LogP contribution in [0.4, 0.5) is 0 Å². The molecule has 0 unspecified atom stereocenters. The van der Waals surface area contributed by atoms with E-state index < -0.39 is 0 Å². The first-order valence-electron chi connectivity index (χ1n) is 2.41. The van der Waals surface area contributed by atoms with E-state index in [2.05, 4.69) is 15.1 Å². The van der Waals surface area contributed by atoms with E-state index in [1.165, 1.54) is 6.07 Å². The van der Waals surface area contributed by atoms with Crippen LogP contribution in [0.5, 0.6) is 5.88 Å². The summed E-state index contributed by atoms with van der Waals surface area (Å²) in [7, 11) is 0. The van der Waals surface area contributed by atoms with Gasteiger partial charge in [-0.15, -0.1) is 0 Å². The molecule has 1 rings (SSSR count). The molecule has 0 saturated carbocycles. The van der Waals surface area contributed by atoms with E-state index in [1.54, 1.807) is 0 Å². The molecule has 0 aromatic carbocycles. The highest BCUT2D eigenvalue weighted by Gasteiger charge is 1.98. The third-order valence-electron chi connectivity index (χ3n) is 0.823. The number of hydrazine groups is 1. The van der Waals surface area contributed by atoms with Crippen molar-refractivity contribution in [1.29, 1.82) is 0 Å². The van der Waals surface area contributed by atoms with E-state index in [0.717, 1.165) is 0 Å². The first-order valence-corrected chi connectivity index (χ1v) is 2.41. The maximum absolute atomic E-state index is 8.61. The predicted octanol–water partition coefficient (Wildman–Crippen LogP) is -0.657. The second-order valence-corrected chi connectivity index (χ2v) is 1.53. The number of nitrogens with one attached hydrogen (secondary N) is 1. The number of nitrogens with two attached hydrogens (primary N) is 1. The van der Waals surface area contributed by atoms with Crippen LogP contribution in [0, 0.1) is 0 Å². The number of hydrogen-bond acceptors (Lipinski definition) is 5. The van der Waals surface area contributed by atoms with Crippen molar-refractivity contribution < 1.29 is 9.63 Å². The zero-order valence-corrected chi connectivity index (χ0v) is 4.66. The smallest absolute Gasteiger partial charge is 0.251 e. The normalized spacial score (nSPS) is 9.89. The quantitative estimate of drug-likeness (QED) is 0.365. The fraction of sp³-hybridized carbons (Fsp3) is 0.250. The molecule has 0 atom stereocenters. The maximum atomic E-state index is 8.61. The third-order valence-corrected chi connectivity index (χ3v) is 0.823. The van der Waals surface area contributed by atoms with Crippen LogP contribution in [-0.4, -0.2) is 10.3 Å². The van der Waals surface area contributed by atoms with Crippen molar-refractivity contribution >= 4 is 0 Å². The van der Waals surface area contributed by atoms with E-state index in [1.807, 2.05) is 0 Å². The molecule has 0 radical (unpaired) electrons. The summed E-state index contributed by atoms with van der Waals surface area (Å²) in [6, 6.07) is 1.39. The van der Waals surface area contributed by atoms with Gasteiger partial charge in [-0.3, -0.25) is 11.3 Å². The Labute approximate surface area is 51.4 Å². The Morgan fingerprint density at radius 1 is 1.89 bits per heavy atom. The van der Waals surface area contributed by atoms with Gasteiger partial charge in [0.15, 0.2) is 5.76 Å². The Morgan fingerprint density at radius 2 is 2.67 bits per heavy atom. The first-order chi connectivity index (χ1) is 4.33. The van der Waals surface area contributed by atoms with Gasteiger partial charge in [-0.2, -0.15) is 0 Å². The number of aromatic hydroxyl groups is 1. The molecule has 5 nitrogen and oxygen atoms in total. The first kappa shape index (κ1) is 6.06. The highest BCUT2D eigenvalue weighted by molar-refractivity contribution is 5.08. The molecule has 1 aromatic heterocycles. The SMILES string of the molecule is NNCc1cc(O)no1. The van der Waals surface area contributed by atoms with E-state index in [-0.39, 0.29) is 5.88 Å². The number of nitrogens with zero attached hydrogens (tertiary/aromatic N) is 1. The molecule has 50 valence electrons. The Bertz CT molecular complexity index is 186. The van der Waals surface area contributed by atoms with Crippen molar-refractivity contribution in [2.75, 3.05) is 0 Å². The zero-order valence-electron chi connectivity index (χ0n) is 4.66. The van der Waals surface area contributed by atoms with Gasteiger partial charge in [0.2, 0.25) is 0 Å². The van der Waals surface area contributed by atoms with Crippen LogP contribution in [0.1, 0.15) is 5.76 Å². The second kappa shape index (κ2) is 2.47. The van der Waals surface area contributed by atoms with E-state index in [0.29, 0.717) is 12.3 Å². The highest BCUT2D eigenvalue weighted by atomic mass is 16.5.